The zero-order chi connectivity index (χ0) is 29.3. The van der Waals surface area contributed by atoms with Gasteiger partial charge in [0.1, 0.15) is 0 Å². The van der Waals surface area contributed by atoms with Crippen LogP contribution in [0.25, 0.3) is 77.9 Å². The molecule has 0 N–H and O–H groups in total. The smallest absolute Gasteiger partial charge is 0.00262 e. The first-order chi connectivity index (χ1) is 21.8. The van der Waals surface area contributed by atoms with Gasteiger partial charge in [-0.2, -0.15) is 0 Å². The Bertz CT molecular complexity index is 2230. The highest BCUT2D eigenvalue weighted by atomic mass is 14.2. The molecule has 0 nitrogen and oxygen atoms in total. The molecule has 0 aromatic heterocycles. The molecule has 0 fully saturated rings. The van der Waals surface area contributed by atoms with Crippen molar-refractivity contribution in [2.24, 2.45) is 0 Å². The second kappa shape index (κ2) is 11.2. The minimum Gasteiger partial charge on any atom is -0.0622 e. The summed E-state index contributed by atoms with van der Waals surface area (Å²) >= 11 is 0. The van der Waals surface area contributed by atoms with Gasteiger partial charge in [0.15, 0.2) is 0 Å². The monoisotopic (exact) mass is 558 g/mol. The molecule has 0 amide bonds. The van der Waals surface area contributed by atoms with E-state index in [0.29, 0.717) is 0 Å². The van der Waals surface area contributed by atoms with Crippen molar-refractivity contribution in [1.29, 1.82) is 0 Å². The second-order valence-corrected chi connectivity index (χ2v) is 11.3. The van der Waals surface area contributed by atoms with Crippen LogP contribution in [-0.4, -0.2) is 0 Å². The Morgan fingerprint density at radius 2 is 0.682 bits per heavy atom. The minimum atomic E-state index is 1.18. The molecule has 8 rings (SSSR count). The Morgan fingerprint density at radius 3 is 1.25 bits per heavy atom. The van der Waals surface area contributed by atoms with Gasteiger partial charge < -0.3 is 0 Å². The Labute approximate surface area is 258 Å². The van der Waals surface area contributed by atoms with Gasteiger partial charge in [0, 0.05) is 0 Å². The fraction of sp³-hybridized carbons (Fsp3) is 0. The lowest BCUT2D eigenvalue weighted by atomic mass is 9.85. The summed E-state index contributed by atoms with van der Waals surface area (Å²) < 4.78 is 0. The normalized spacial score (nSPS) is 11.5. The Kier molecular flexibility index (Phi) is 6.59. The fourth-order valence-corrected chi connectivity index (χ4v) is 6.47. The maximum atomic E-state index is 2.33. The van der Waals surface area contributed by atoms with Gasteiger partial charge in [0.25, 0.3) is 0 Å². The summed E-state index contributed by atoms with van der Waals surface area (Å²) in [6.07, 6.45) is 4.38. The molecule has 0 radical (unpaired) electrons. The van der Waals surface area contributed by atoms with Crippen molar-refractivity contribution in [3.63, 3.8) is 0 Å². The summed E-state index contributed by atoms with van der Waals surface area (Å²) in [6.45, 7) is 0. The van der Waals surface area contributed by atoms with Crippen LogP contribution in [-0.2, 0) is 0 Å². The molecule has 0 aliphatic carbocycles. The highest BCUT2D eigenvalue weighted by Crippen LogP contribution is 2.44. The molecule has 0 heterocycles. The molecule has 0 spiro atoms. The molecule has 0 heteroatoms. The fourth-order valence-electron chi connectivity index (χ4n) is 6.47. The molecule has 0 aliphatic heterocycles. The first kappa shape index (κ1) is 25.9. The average molecular weight is 559 g/mol. The maximum Gasteiger partial charge on any atom is -0.00262 e. The summed E-state index contributed by atoms with van der Waals surface area (Å²) in [6, 6.07) is 61.4. The van der Waals surface area contributed by atoms with E-state index in [-0.39, 0.29) is 0 Å². The quantitative estimate of drug-likeness (QED) is 0.146. The SMILES string of the molecule is C(=C\c1ccc(-c2c3ccccc3c(-c3ccc4ccccc4c3)c3ccccc23)cc1)/c1ccc(-c2ccccc2)cc1. The number of hydrogen-bond acceptors (Lipinski definition) is 0. The first-order valence-corrected chi connectivity index (χ1v) is 15.2. The van der Waals surface area contributed by atoms with Gasteiger partial charge in [-0.3, -0.25) is 0 Å². The number of hydrogen-bond donors (Lipinski definition) is 0. The zero-order valence-corrected chi connectivity index (χ0v) is 24.3. The molecule has 8 aromatic carbocycles. The topological polar surface area (TPSA) is 0 Å². The highest BCUT2D eigenvalue weighted by molar-refractivity contribution is 6.21. The third-order valence-corrected chi connectivity index (χ3v) is 8.66. The summed E-state index contributed by atoms with van der Waals surface area (Å²) in [5, 5.41) is 7.63. The molecular weight excluding hydrogens is 528 g/mol. The summed E-state index contributed by atoms with van der Waals surface area (Å²) in [7, 11) is 0. The third kappa shape index (κ3) is 4.77. The molecule has 0 atom stereocenters. The lowest BCUT2D eigenvalue weighted by Gasteiger charge is -2.18. The molecule has 0 saturated carbocycles. The van der Waals surface area contributed by atoms with E-state index < -0.39 is 0 Å². The maximum absolute atomic E-state index is 2.33. The van der Waals surface area contributed by atoms with E-state index in [1.165, 1.54) is 76.8 Å². The third-order valence-electron chi connectivity index (χ3n) is 8.66. The molecule has 8 aromatic rings. The van der Waals surface area contributed by atoms with Crippen molar-refractivity contribution in [3.8, 4) is 33.4 Å². The van der Waals surface area contributed by atoms with Gasteiger partial charge in [-0.1, -0.05) is 176 Å². The van der Waals surface area contributed by atoms with Gasteiger partial charge in [-0.25, -0.2) is 0 Å². The van der Waals surface area contributed by atoms with Gasteiger partial charge >= 0.3 is 0 Å². The molecule has 0 unspecified atom stereocenters. The lowest BCUT2D eigenvalue weighted by Crippen LogP contribution is -1.91. The summed E-state index contributed by atoms with van der Waals surface area (Å²) in [5.41, 5.74) is 9.91. The predicted octanol–water partition coefficient (Wildman–Crippen LogP) is 12.3. The zero-order valence-electron chi connectivity index (χ0n) is 24.3. The van der Waals surface area contributed by atoms with Gasteiger partial charge in [0.2, 0.25) is 0 Å². The number of rotatable bonds is 5. The van der Waals surface area contributed by atoms with Crippen LogP contribution in [0, 0.1) is 0 Å². The molecule has 0 saturated heterocycles. The lowest BCUT2D eigenvalue weighted by molar-refractivity contribution is 1.60. The number of benzene rings is 8. The van der Waals surface area contributed by atoms with Gasteiger partial charge in [-0.15, -0.1) is 0 Å². The standard InChI is InChI=1S/C44H30/c1-2-10-33(11-3-1)35-24-20-31(21-25-35)18-19-32-22-26-36(27-23-32)43-39-14-6-8-16-41(39)44(42-17-9-7-15-40(42)43)38-29-28-34-12-4-5-13-37(34)30-38/h1-30H/b19-18+. The van der Waals surface area contributed by atoms with Crippen LogP contribution in [0.15, 0.2) is 170 Å². The van der Waals surface area contributed by atoms with Crippen molar-refractivity contribution in [3.05, 3.63) is 181 Å². The highest BCUT2D eigenvalue weighted by Gasteiger charge is 2.16. The predicted molar refractivity (Wildman–Crippen MR) is 191 cm³/mol. The Hall–Kier alpha value is -5.72. The molecule has 44 heavy (non-hydrogen) atoms. The van der Waals surface area contributed by atoms with E-state index in [1.54, 1.807) is 0 Å². The number of fused-ring (bicyclic) bond motifs is 3. The second-order valence-electron chi connectivity index (χ2n) is 11.3. The van der Waals surface area contributed by atoms with Gasteiger partial charge in [0.05, 0.1) is 0 Å². The van der Waals surface area contributed by atoms with Crippen LogP contribution in [0.4, 0.5) is 0 Å². The Balaban J connectivity index is 1.18. The minimum absolute atomic E-state index is 1.18. The van der Waals surface area contributed by atoms with E-state index in [0.717, 1.165) is 0 Å². The van der Waals surface area contributed by atoms with Crippen LogP contribution in [0.5, 0.6) is 0 Å². The van der Waals surface area contributed by atoms with Crippen LogP contribution in [0.3, 0.4) is 0 Å². The molecule has 0 aliphatic rings. The largest absolute Gasteiger partial charge is 0.0622 e. The van der Waals surface area contributed by atoms with Crippen LogP contribution in [0.2, 0.25) is 0 Å². The van der Waals surface area contributed by atoms with E-state index in [1.807, 2.05) is 0 Å². The first-order valence-electron chi connectivity index (χ1n) is 15.2. The van der Waals surface area contributed by atoms with Crippen molar-refractivity contribution >= 4 is 44.5 Å². The van der Waals surface area contributed by atoms with E-state index in [9.17, 15) is 0 Å². The van der Waals surface area contributed by atoms with Crippen LogP contribution < -0.4 is 0 Å². The van der Waals surface area contributed by atoms with Crippen LogP contribution >= 0.6 is 0 Å². The Morgan fingerprint density at radius 1 is 0.273 bits per heavy atom. The van der Waals surface area contributed by atoms with Crippen molar-refractivity contribution < 1.29 is 0 Å². The summed E-state index contributed by atoms with van der Waals surface area (Å²) in [5.74, 6) is 0. The average Bonchev–Trinajstić information content (AvgIpc) is 3.10. The van der Waals surface area contributed by atoms with Crippen molar-refractivity contribution in [2.75, 3.05) is 0 Å². The van der Waals surface area contributed by atoms with Crippen molar-refractivity contribution in [1.82, 2.24) is 0 Å². The van der Waals surface area contributed by atoms with E-state index in [4.69, 9.17) is 0 Å². The van der Waals surface area contributed by atoms with Crippen molar-refractivity contribution in [2.45, 2.75) is 0 Å². The molecule has 0 bridgehead atoms. The van der Waals surface area contributed by atoms with E-state index in [2.05, 4.69) is 182 Å². The molecular formula is C44H30. The molecule has 206 valence electrons. The van der Waals surface area contributed by atoms with E-state index >= 15 is 0 Å². The van der Waals surface area contributed by atoms with Crippen LogP contribution in [0.1, 0.15) is 11.1 Å². The summed E-state index contributed by atoms with van der Waals surface area (Å²) in [4.78, 5) is 0. The van der Waals surface area contributed by atoms with Gasteiger partial charge in [-0.05, 0) is 82.9 Å².